The molecular weight excluding hydrogens is 406 g/mol. The minimum absolute atomic E-state index is 0.0323. The lowest BCUT2D eigenvalue weighted by atomic mass is 10.3. The summed E-state index contributed by atoms with van der Waals surface area (Å²) in [4.78, 5) is 25.0. The molecule has 148 valence electrons. The van der Waals surface area contributed by atoms with Crippen molar-refractivity contribution < 1.29 is 14.3 Å². The second-order valence-electron chi connectivity index (χ2n) is 6.20. The van der Waals surface area contributed by atoms with Gasteiger partial charge in [0.1, 0.15) is 21.7 Å². The van der Waals surface area contributed by atoms with Gasteiger partial charge in [-0.3, -0.25) is 14.7 Å². The third kappa shape index (κ3) is 4.08. The molecule has 6 nitrogen and oxygen atoms in total. The second-order valence-corrected chi connectivity index (χ2v) is 8.21. The van der Waals surface area contributed by atoms with Gasteiger partial charge in [-0.15, -0.1) is 11.3 Å². The molecule has 4 aromatic rings. The van der Waals surface area contributed by atoms with Gasteiger partial charge in [0.05, 0.1) is 32.9 Å². The number of carbonyl (C=O) groups is 1. The lowest BCUT2D eigenvalue weighted by Crippen LogP contribution is -2.31. The van der Waals surface area contributed by atoms with Gasteiger partial charge in [-0.05, 0) is 35.7 Å². The lowest BCUT2D eigenvalue weighted by molar-refractivity contribution is -0.118. The van der Waals surface area contributed by atoms with Crippen LogP contribution < -0.4 is 14.4 Å². The largest absolute Gasteiger partial charge is 0.495 e. The molecule has 0 bridgehead atoms. The Kier molecular flexibility index (Phi) is 5.73. The Balaban J connectivity index is 1.76. The molecule has 0 fully saturated rings. The molecule has 0 unspecified atom stereocenters. The first-order valence-corrected chi connectivity index (χ1v) is 10.6. The van der Waals surface area contributed by atoms with Gasteiger partial charge in [0.15, 0.2) is 5.13 Å². The molecule has 0 aliphatic carbocycles. The number of methoxy groups -OCH3 is 2. The van der Waals surface area contributed by atoms with E-state index in [4.69, 9.17) is 14.5 Å². The van der Waals surface area contributed by atoms with Crippen LogP contribution in [0.2, 0.25) is 0 Å². The van der Waals surface area contributed by atoms with Crippen molar-refractivity contribution in [3.63, 3.8) is 0 Å². The third-order valence-electron chi connectivity index (χ3n) is 4.38. The number of thiazole rings is 1. The molecule has 8 heteroatoms. The minimum atomic E-state index is -0.0323. The van der Waals surface area contributed by atoms with Crippen LogP contribution >= 0.6 is 22.7 Å². The zero-order chi connectivity index (χ0) is 20.2. The van der Waals surface area contributed by atoms with Crippen LogP contribution in [0.25, 0.3) is 10.2 Å². The van der Waals surface area contributed by atoms with E-state index >= 15 is 0 Å². The van der Waals surface area contributed by atoms with E-state index in [0.29, 0.717) is 35.1 Å². The summed E-state index contributed by atoms with van der Waals surface area (Å²) in [5.41, 5.74) is 1.48. The molecule has 0 aliphatic rings. The highest BCUT2D eigenvalue weighted by Crippen LogP contribution is 2.40. The minimum Gasteiger partial charge on any atom is -0.495 e. The van der Waals surface area contributed by atoms with Crippen LogP contribution in [-0.2, 0) is 17.8 Å². The van der Waals surface area contributed by atoms with Crippen molar-refractivity contribution in [2.75, 3.05) is 19.1 Å². The van der Waals surface area contributed by atoms with Gasteiger partial charge < -0.3 is 9.47 Å². The number of hydrogen-bond acceptors (Lipinski definition) is 7. The number of benzene rings is 1. The van der Waals surface area contributed by atoms with Gasteiger partial charge >= 0.3 is 0 Å². The van der Waals surface area contributed by atoms with Crippen LogP contribution in [0.1, 0.15) is 10.6 Å². The molecular formula is C21H19N3O3S2. The van der Waals surface area contributed by atoms with Crippen molar-refractivity contribution in [2.24, 2.45) is 0 Å². The van der Waals surface area contributed by atoms with Gasteiger partial charge in [-0.1, -0.05) is 23.5 Å². The van der Waals surface area contributed by atoms with Crippen LogP contribution in [0.3, 0.4) is 0 Å². The second kappa shape index (κ2) is 8.59. The number of aromatic nitrogens is 2. The smallest absolute Gasteiger partial charge is 0.234 e. The summed E-state index contributed by atoms with van der Waals surface area (Å²) in [7, 11) is 3.22. The highest BCUT2D eigenvalue weighted by molar-refractivity contribution is 7.22. The van der Waals surface area contributed by atoms with E-state index in [2.05, 4.69) is 4.98 Å². The van der Waals surface area contributed by atoms with E-state index in [1.54, 1.807) is 36.7 Å². The summed E-state index contributed by atoms with van der Waals surface area (Å²) >= 11 is 2.98. The Morgan fingerprint density at radius 2 is 1.90 bits per heavy atom. The van der Waals surface area contributed by atoms with Gasteiger partial charge in [-0.25, -0.2) is 4.98 Å². The maximum atomic E-state index is 13.2. The number of anilines is 1. The summed E-state index contributed by atoms with van der Waals surface area (Å²) in [6, 6.07) is 13.2. The summed E-state index contributed by atoms with van der Waals surface area (Å²) in [6.45, 7) is 0.343. The number of ether oxygens (including phenoxy) is 2. The quantitative estimate of drug-likeness (QED) is 0.435. The monoisotopic (exact) mass is 425 g/mol. The molecule has 0 N–H and O–H groups in total. The fourth-order valence-corrected chi connectivity index (χ4v) is 4.75. The first-order valence-electron chi connectivity index (χ1n) is 8.93. The van der Waals surface area contributed by atoms with Crippen LogP contribution in [0.4, 0.5) is 5.13 Å². The number of nitrogens with zero attached hydrogens (tertiary/aromatic N) is 3. The van der Waals surface area contributed by atoms with Gasteiger partial charge in [0.2, 0.25) is 5.91 Å². The summed E-state index contributed by atoms with van der Waals surface area (Å²) < 4.78 is 11.8. The highest BCUT2D eigenvalue weighted by atomic mass is 32.1. The Hall–Kier alpha value is -2.97. The average Bonchev–Trinajstić information content (AvgIpc) is 3.42. The molecule has 0 spiro atoms. The van der Waals surface area contributed by atoms with Crippen LogP contribution in [0, 0.1) is 0 Å². The van der Waals surface area contributed by atoms with Gasteiger partial charge in [0.25, 0.3) is 0 Å². The van der Waals surface area contributed by atoms with E-state index < -0.39 is 0 Å². The molecule has 1 amide bonds. The van der Waals surface area contributed by atoms with Crippen molar-refractivity contribution in [2.45, 2.75) is 13.0 Å². The van der Waals surface area contributed by atoms with Crippen LogP contribution in [0.15, 0.2) is 54.0 Å². The highest BCUT2D eigenvalue weighted by Gasteiger charge is 2.23. The van der Waals surface area contributed by atoms with E-state index in [1.807, 2.05) is 47.8 Å². The Morgan fingerprint density at radius 3 is 2.59 bits per heavy atom. The summed E-state index contributed by atoms with van der Waals surface area (Å²) in [5.74, 6) is 1.31. The molecule has 3 aromatic heterocycles. The van der Waals surface area contributed by atoms with Crippen molar-refractivity contribution in [1.82, 2.24) is 9.97 Å². The molecule has 0 radical (unpaired) electrons. The Bertz CT molecular complexity index is 1070. The topological polar surface area (TPSA) is 64.6 Å². The number of rotatable bonds is 7. The standard InChI is InChI=1S/C21H19N3O3S2/c1-26-16-8-9-17(27-2)20-19(16)23-21(29-20)24(13-14-6-3-4-10-22-14)18(25)12-15-7-5-11-28-15/h3-11H,12-13H2,1-2H3. The molecule has 0 aliphatic heterocycles. The maximum absolute atomic E-state index is 13.2. The number of fused-ring (bicyclic) bond motifs is 1. The lowest BCUT2D eigenvalue weighted by Gasteiger charge is -2.19. The molecule has 29 heavy (non-hydrogen) atoms. The fourth-order valence-electron chi connectivity index (χ4n) is 2.96. The predicted molar refractivity (Wildman–Crippen MR) is 116 cm³/mol. The van der Waals surface area contributed by atoms with E-state index in [9.17, 15) is 4.79 Å². The zero-order valence-electron chi connectivity index (χ0n) is 16.0. The maximum Gasteiger partial charge on any atom is 0.234 e. The van der Waals surface area contributed by atoms with Crippen LogP contribution in [-0.4, -0.2) is 30.1 Å². The van der Waals surface area contributed by atoms with Gasteiger partial charge in [0, 0.05) is 11.1 Å². The number of carbonyl (C=O) groups excluding carboxylic acids is 1. The van der Waals surface area contributed by atoms with Crippen LogP contribution in [0.5, 0.6) is 11.5 Å². The first-order chi connectivity index (χ1) is 14.2. The first kappa shape index (κ1) is 19.4. The molecule has 0 saturated carbocycles. The van der Waals surface area contributed by atoms with Crippen molar-refractivity contribution in [3.05, 3.63) is 64.6 Å². The van der Waals surface area contributed by atoms with Crippen molar-refractivity contribution in [3.8, 4) is 11.5 Å². The molecule has 1 aromatic carbocycles. The van der Waals surface area contributed by atoms with Gasteiger partial charge in [-0.2, -0.15) is 0 Å². The van der Waals surface area contributed by atoms with E-state index in [1.165, 1.54) is 11.3 Å². The third-order valence-corrected chi connectivity index (χ3v) is 6.35. The summed E-state index contributed by atoms with van der Waals surface area (Å²) in [5, 5.41) is 2.56. The Labute approximate surface area is 176 Å². The molecule has 0 atom stereocenters. The number of thiophene rings is 1. The molecule has 0 saturated heterocycles. The number of amides is 1. The Morgan fingerprint density at radius 1 is 1.07 bits per heavy atom. The van der Waals surface area contributed by atoms with Crippen molar-refractivity contribution in [1.29, 1.82) is 0 Å². The van der Waals surface area contributed by atoms with E-state index in [0.717, 1.165) is 15.3 Å². The average molecular weight is 426 g/mol. The predicted octanol–water partition coefficient (Wildman–Crippen LogP) is 4.55. The number of hydrogen-bond donors (Lipinski definition) is 0. The molecule has 4 rings (SSSR count). The summed E-state index contributed by atoms with van der Waals surface area (Å²) in [6.07, 6.45) is 2.04. The fraction of sp³-hybridized carbons (Fsp3) is 0.190. The number of pyridine rings is 1. The van der Waals surface area contributed by atoms with E-state index in [-0.39, 0.29) is 5.91 Å². The molecule has 3 heterocycles. The normalized spacial score (nSPS) is 10.8. The van der Waals surface area contributed by atoms with Crippen molar-refractivity contribution >= 4 is 43.9 Å². The zero-order valence-corrected chi connectivity index (χ0v) is 17.6. The SMILES string of the molecule is COc1ccc(OC)c2sc(N(Cc3ccccn3)C(=O)Cc3cccs3)nc12.